The topological polar surface area (TPSA) is 30.9 Å². The average molecular weight is 350 g/mol. The molecule has 1 saturated carbocycles. The molecule has 1 heterocycles. The predicted molar refractivity (Wildman–Crippen MR) is 100 cm³/mol. The molecule has 2 aliphatic carbocycles. The number of nitrogens with zero attached hydrogens (tertiary/aromatic N) is 1. The molecule has 0 amide bonds. The normalized spacial score (nSPS) is 30.1. The van der Waals surface area contributed by atoms with Crippen molar-refractivity contribution in [1.82, 2.24) is 4.90 Å². The number of hydrogen-bond donors (Lipinski definition) is 0. The quantitative estimate of drug-likeness (QED) is 0.655. The number of likely N-dealkylation sites (N-methyl/N-ethyl adjacent to an activating group) is 1. The van der Waals surface area contributed by atoms with Gasteiger partial charge in [0.25, 0.3) is 0 Å². The number of allylic oxidation sites excluding steroid dienone is 1. The molecule has 4 nitrogen and oxygen atoms in total. The summed E-state index contributed by atoms with van der Waals surface area (Å²) < 4.78 is 17.5. The van der Waals surface area contributed by atoms with Crippen molar-refractivity contribution >= 4 is 0 Å². The van der Waals surface area contributed by atoms with E-state index in [-0.39, 0.29) is 11.3 Å². The highest BCUT2D eigenvalue weighted by Gasteiger charge is 2.61. The first kappa shape index (κ1) is 18.9. The monoisotopic (exact) mass is 349 g/mol. The molecule has 2 fully saturated rings. The van der Waals surface area contributed by atoms with Crippen molar-refractivity contribution in [2.75, 3.05) is 33.9 Å². The Balaban J connectivity index is 1.79. The van der Waals surface area contributed by atoms with Crippen LogP contribution in [0.1, 0.15) is 59.8 Å². The Labute approximate surface area is 153 Å². The molecule has 3 aliphatic rings. The van der Waals surface area contributed by atoms with Gasteiger partial charge in [-0.05, 0) is 90.1 Å². The predicted octanol–water partition coefficient (Wildman–Crippen LogP) is 4.27. The van der Waals surface area contributed by atoms with Crippen LogP contribution in [-0.2, 0) is 14.2 Å². The molecule has 0 bridgehead atoms. The summed E-state index contributed by atoms with van der Waals surface area (Å²) in [5, 5.41) is 0. The lowest BCUT2D eigenvalue weighted by Gasteiger charge is -2.44. The van der Waals surface area contributed by atoms with Crippen LogP contribution in [0.15, 0.2) is 23.0 Å². The fourth-order valence-corrected chi connectivity index (χ4v) is 5.09. The maximum atomic E-state index is 5.95. The van der Waals surface area contributed by atoms with Gasteiger partial charge in [0.1, 0.15) is 5.76 Å². The molecular formula is C21H35NO3. The lowest BCUT2D eigenvalue weighted by molar-refractivity contribution is -0.148. The molecule has 25 heavy (non-hydrogen) atoms. The summed E-state index contributed by atoms with van der Waals surface area (Å²) in [6.07, 6.45) is 8.28. The van der Waals surface area contributed by atoms with E-state index in [0.29, 0.717) is 5.41 Å². The van der Waals surface area contributed by atoms with Crippen LogP contribution < -0.4 is 0 Å². The van der Waals surface area contributed by atoms with Crippen LogP contribution in [0.3, 0.4) is 0 Å². The molecule has 0 aromatic carbocycles. The number of hydrogen-bond acceptors (Lipinski definition) is 4. The standard InChI is InChI=1S/C21H35NO3/c1-7-23-18-15-21(22(5)6,17(3)16(18)2)20(11-12-20)10-8-9-19(4)24-13-14-25-19/h15H,7-14H2,1-6H3. The van der Waals surface area contributed by atoms with Crippen molar-refractivity contribution in [1.29, 1.82) is 0 Å². The Morgan fingerprint density at radius 1 is 1.12 bits per heavy atom. The lowest BCUT2D eigenvalue weighted by atomic mass is 9.73. The second-order valence-electron chi connectivity index (χ2n) is 8.32. The van der Waals surface area contributed by atoms with E-state index in [2.05, 4.69) is 52.8 Å². The van der Waals surface area contributed by atoms with E-state index in [4.69, 9.17) is 14.2 Å². The van der Waals surface area contributed by atoms with Gasteiger partial charge in [-0.15, -0.1) is 0 Å². The summed E-state index contributed by atoms with van der Waals surface area (Å²) in [5.74, 6) is 0.707. The maximum absolute atomic E-state index is 5.95. The van der Waals surface area contributed by atoms with Crippen LogP contribution in [0.25, 0.3) is 0 Å². The third kappa shape index (κ3) is 3.07. The molecule has 1 aliphatic heterocycles. The van der Waals surface area contributed by atoms with Crippen LogP contribution in [0.2, 0.25) is 0 Å². The maximum Gasteiger partial charge on any atom is 0.165 e. The third-order valence-electron chi connectivity index (χ3n) is 6.70. The molecule has 0 N–H and O–H groups in total. The van der Waals surface area contributed by atoms with Crippen LogP contribution in [0, 0.1) is 5.41 Å². The molecular weight excluding hydrogens is 314 g/mol. The Hall–Kier alpha value is -0.840. The van der Waals surface area contributed by atoms with E-state index >= 15 is 0 Å². The zero-order valence-corrected chi connectivity index (χ0v) is 16.9. The molecule has 1 saturated heterocycles. The van der Waals surface area contributed by atoms with Gasteiger partial charge in [-0.25, -0.2) is 0 Å². The first-order chi connectivity index (χ1) is 11.8. The lowest BCUT2D eigenvalue weighted by Crippen LogP contribution is -2.50. The van der Waals surface area contributed by atoms with Gasteiger partial charge in [-0.3, -0.25) is 4.90 Å². The third-order valence-corrected chi connectivity index (χ3v) is 6.70. The molecule has 0 radical (unpaired) electrons. The first-order valence-corrected chi connectivity index (χ1v) is 9.80. The Bertz CT molecular complexity index is 568. The highest BCUT2D eigenvalue weighted by molar-refractivity contribution is 5.51. The Morgan fingerprint density at radius 2 is 1.76 bits per heavy atom. The van der Waals surface area contributed by atoms with Crippen LogP contribution in [-0.4, -0.2) is 50.1 Å². The minimum Gasteiger partial charge on any atom is -0.494 e. The summed E-state index contributed by atoms with van der Waals surface area (Å²) >= 11 is 0. The van der Waals surface area contributed by atoms with E-state index in [1.165, 1.54) is 30.4 Å². The van der Waals surface area contributed by atoms with E-state index in [1.807, 2.05) is 0 Å². The van der Waals surface area contributed by atoms with Gasteiger partial charge in [0, 0.05) is 6.42 Å². The van der Waals surface area contributed by atoms with E-state index < -0.39 is 0 Å². The van der Waals surface area contributed by atoms with Crippen molar-refractivity contribution in [3.63, 3.8) is 0 Å². The van der Waals surface area contributed by atoms with E-state index in [1.54, 1.807) is 0 Å². The molecule has 0 aromatic rings. The summed E-state index contributed by atoms with van der Waals surface area (Å²) in [6, 6.07) is 0. The minimum absolute atomic E-state index is 0.0140. The fourth-order valence-electron chi connectivity index (χ4n) is 5.09. The van der Waals surface area contributed by atoms with Crippen molar-refractivity contribution in [3.05, 3.63) is 23.0 Å². The molecule has 1 atom stereocenters. The number of ether oxygens (including phenoxy) is 3. The summed E-state index contributed by atoms with van der Waals surface area (Å²) in [5.41, 5.74) is 3.07. The highest BCUT2D eigenvalue weighted by Crippen LogP contribution is 2.64. The van der Waals surface area contributed by atoms with E-state index in [0.717, 1.165) is 38.4 Å². The zero-order valence-electron chi connectivity index (χ0n) is 16.9. The van der Waals surface area contributed by atoms with Crippen LogP contribution in [0.4, 0.5) is 0 Å². The number of rotatable bonds is 8. The average Bonchev–Trinajstić information content (AvgIpc) is 3.15. The smallest absolute Gasteiger partial charge is 0.165 e. The van der Waals surface area contributed by atoms with Gasteiger partial charge in [-0.2, -0.15) is 0 Å². The van der Waals surface area contributed by atoms with Crippen molar-refractivity contribution < 1.29 is 14.2 Å². The highest BCUT2D eigenvalue weighted by atomic mass is 16.7. The minimum atomic E-state index is -0.371. The fraction of sp³-hybridized carbons (Fsp3) is 0.810. The first-order valence-electron chi connectivity index (χ1n) is 9.80. The second-order valence-corrected chi connectivity index (χ2v) is 8.32. The van der Waals surface area contributed by atoms with Crippen molar-refractivity contribution in [2.45, 2.75) is 71.1 Å². The summed E-state index contributed by atoms with van der Waals surface area (Å²) in [4.78, 5) is 2.41. The van der Waals surface area contributed by atoms with Gasteiger partial charge in [0.2, 0.25) is 0 Å². The van der Waals surface area contributed by atoms with Gasteiger partial charge >= 0.3 is 0 Å². The van der Waals surface area contributed by atoms with Crippen LogP contribution in [0.5, 0.6) is 0 Å². The molecule has 3 rings (SSSR count). The SMILES string of the molecule is CCOC1=CC(N(C)C)(C2(CCCC3(C)OCCO3)CC2)C(C)=C1C. The molecule has 1 unspecified atom stereocenters. The largest absolute Gasteiger partial charge is 0.494 e. The van der Waals surface area contributed by atoms with Crippen molar-refractivity contribution in [3.8, 4) is 0 Å². The zero-order chi connectivity index (χ0) is 18.3. The Kier molecular flexibility index (Phi) is 5.08. The molecule has 0 aromatic heterocycles. The Morgan fingerprint density at radius 3 is 2.28 bits per heavy atom. The summed E-state index contributed by atoms with van der Waals surface area (Å²) in [6.45, 7) is 10.8. The molecule has 0 spiro atoms. The summed E-state index contributed by atoms with van der Waals surface area (Å²) in [7, 11) is 4.43. The van der Waals surface area contributed by atoms with Gasteiger partial charge in [-0.1, -0.05) is 0 Å². The van der Waals surface area contributed by atoms with Crippen LogP contribution >= 0.6 is 0 Å². The van der Waals surface area contributed by atoms with Gasteiger partial charge in [0.05, 0.1) is 25.4 Å². The molecule has 142 valence electrons. The van der Waals surface area contributed by atoms with Crippen molar-refractivity contribution in [2.24, 2.45) is 5.41 Å². The molecule has 4 heteroatoms. The van der Waals surface area contributed by atoms with E-state index in [9.17, 15) is 0 Å². The van der Waals surface area contributed by atoms with Gasteiger partial charge < -0.3 is 14.2 Å². The second kappa shape index (κ2) is 6.71. The van der Waals surface area contributed by atoms with Gasteiger partial charge in [0.15, 0.2) is 5.79 Å².